The second-order valence-electron chi connectivity index (χ2n) is 4.98. The van der Waals surface area contributed by atoms with Crippen LogP contribution in [0.25, 0.3) is 0 Å². The summed E-state index contributed by atoms with van der Waals surface area (Å²) in [5.41, 5.74) is 2.74. The Hall–Kier alpha value is -0.340. The van der Waals surface area contributed by atoms with Crippen LogP contribution in [0.15, 0.2) is 22.7 Å². The van der Waals surface area contributed by atoms with E-state index >= 15 is 0 Å². The van der Waals surface area contributed by atoms with Gasteiger partial charge in [-0.25, -0.2) is 0 Å². The smallest absolute Gasteiger partial charge is 0.0331 e. The summed E-state index contributed by atoms with van der Waals surface area (Å²) in [5.74, 6) is 0. The first-order valence-electron chi connectivity index (χ1n) is 7.19. The molecule has 1 aromatic carbocycles. The molecule has 0 aliphatic heterocycles. The molecule has 1 aromatic rings. The molecule has 0 aliphatic rings. The summed E-state index contributed by atoms with van der Waals surface area (Å²) in [6, 6.07) is 7.06. The fourth-order valence-electron chi connectivity index (χ4n) is 2.22. The Kier molecular flexibility index (Phi) is 7.60. The van der Waals surface area contributed by atoms with Crippen LogP contribution in [0.5, 0.6) is 0 Å². The average Bonchev–Trinajstić information content (AvgIpc) is 2.37. The Morgan fingerprint density at radius 2 is 1.94 bits per heavy atom. The zero-order chi connectivity index (χ0) is 13.4. The zero-order valence-electron chi connectivity index (χ0n) is 11.9. The minimum absolute atomic E-state index is 0.491. The molecule has 2 heteroatoms. The van der Waals surface area contributed by atoms with Crippen molar-refractivity contribution in [1.82, 2.24) is 5.32 Å². The van der Waals surface area contributed by atoms with Crippen LogP contribution in [0.1, 0.15) is 63.1 Å². The molecule has 102 valence electrons. The third-order valence-corrected chi connectivity index (χ3v) is 4.42. The van der Waals surface area contributed by atoms with Crippen LogP contribution in [-0.4, -0.2) is 6.54 Å². The minimum atomic E-state index is 0.491. The summed E-state index contributed by atoms with van der Waals surface area (Å²) < 4.78 is 1.27. The molecule has 0 spiro atoms. The SMILES string of the molecule is CCCCCC(NCCC)c1cccc(C)c1Br. The van der Waals surface area contributed by atoms with Gasteiger partial charge >= 0.3 is 0 Å². The highest BCUT2D eigenvalue weighted by Gasteiger charge is 2.14. The number of nitrogens with one attached hydrogen (secondary N) is 1. The second kappa shape index (κ2) is 8.71. The van der Waals surface area contributed by atoms with Crippen molar-refractivity contribution in [3.05, 3.63) is 33.8 Å². The van der Waals surface area contributed by atoms with Crippen LogP contribution in [-0.2, 0) is 0 Å². The summed E-state index contributed by atoms with van der Waals surface area (Å²) >= 11 is 3.74. The number of rotatable bonds is 8. The van der Waals surface area contributed by atoms with Gasteiger partial charge in [0.2, 0.25) is 0 Å². The van der Waals surface area contributed by atoms with E-state index in [4.69, 9.17) is 0 Å². The van der Waals surface area contributed by atoms with Crippen molar-refractivity contribution in [2.45, 2.75) is 58.9 Å². The third-order valence-electron chi connectivity index (χ3n) is 3.33. The maximum absolute atomic E-state index is 3.74. The molecule has 0 aromatic heterocycles. The van der Waals surface area contributed by atoms with E-state index in [-0.39, 0.29) is 0 Å². The highest BCUT2D eigenvalue weighted by atomic mass is 79.9. The highest BCUT2D eigenvalue weighted by Crippen LogP contribution is 2.29. The predicted octanol–water partition coefficient (Wildman–Crippen LogP) is 5.38. The van der Waals surface area contributed by atoms with Gasteiger partial charge in [-0.1, -0.05) is 67.2 Å². The Labute approximate surface area is 120 Å². The van der Waals surface area contributed by atoms with Crippen molar-refractivity contribution in [1.29, 1.82) is 0 Å². The van der Waals surface area contributed by atoms with Crippen LogP contribution >= 0.6 is 15.9 Å². The Balaban J connectivity index is 2.76. The van der Waals surface area contributed by atoms with Gasteiger partial charge in [-0.15, -0.1) is 0 Å². The summed E-state index contributed by atoms with van der Waals surface area (Å²) in [4.78, 5) is 0. The monoisotopic (exact) mass is 311 g/mol. The number of unbranched alkanes of at least 4 members (excludes halogenated alkanes) is 2. The minimum Gasteiger partial charge on any atom is -0.310 e. The molecular formula is C16H26BrN. The summed E-state index contributed by atoms with van der Waals surface area (Å²) in [6.07, 6.45) is 6.34. The lowest BCUT2D eigenvalue weighted by Crippen LogP contribution is -2.22. The lowest BCUT2D eigenvalue weighted by molar-refractivity contribution is 0.473. The van der Waals surface area contributed by atoms with Crippen LogP contribution in [0, 0.1) is 6.92 Å². The zero-order valence-corrected chi connectivity index (χ0v) is 13.5. The molecule has 0 fully saturated rings. The molecule has 0 aliphatic carbocycles. The number of hydrogen-bond donors (Lipinski definition) is 1. The molecule has 0 saturated carbocycles. The molecule has 0 radical (unpaired) electrons. The fraction of sp³-hybridized carbons (Fsp3) is 0.625. The first-order valence-corrected chi connectivity index (χ1v) is 7.98. The average molecular weight is 312 g/mol. The summed E-state index contributed by atoms with van der Waals surface area (Å²) in [5, 5.41) is 3.68. The molecule has 1 atom stereocenters. The van der Waals surface area contributed by atoms with E-state index in [9.17, 15) is 0 Å². The van der Waals surface area contributed by atoms with Gasteiger partial charge in [-0.3, -0.25) is 0 Å². The molecule has 1 N–H and O–H groups in total. The van der Waals surface area contributed by atoms with Crippen molar-refractivity contribution in [2.24, 2.45) is 0 Å². The first-order chi connectivity index (χ1) is 8.70. The van der Waals surface area contributed by atoms with Gasteiger partial charge in [0.1, 0.15) is 0 Å². The number of benzene rings is 1. The van der Waals surface area contributed by atoms with Gasteiger partial charge in [0.25, 0.3) is 0 Å². The molecule has 0 heterocycles. The van der Waals surface area contributed by atoms with Crippen molar-refractivity contribution in [2.75, 3.05) is 6.54 Å². The topological polar surface area (TPSA) is 12.0 Å². The third kappa shape index (κ3) is 4.74. The van der Waals surface area contributed by atoms with Crippen molar-refractivity contribution in [3.63, 3.8) is 0 Å². The van der Waals surface area contributed by atoms with E-state index in [2.05, 4.69) is 60.2 Å². The molecule has 1 rings (SSSR count). The van der Waals surface area contributed by atoms with E-state index < -0.39 is 0 Å². The summed E-state index contributed by atoms with van der Waals surface area (Å²) in [6.45, 7) is 7.74. The lowest BCUT2D eigenvalue weighted by Gasteiger charge is -2.21. The number of aryl methyl sites for hydroxylation is 1. The van der Waals surface area contributed by atoms with E-state index in [1.165, 1.54) is 47.7 Å². The van der Waals surface area contributed by atoms with E-state index in [0.717, 1.165) is 6.54 Å². The fourth-order valence-corrected chi connectivity index (χ4v) is 2.76. The van der Waals surface area contributed by atoms with Crippen molar-refractivity contribution >= 4 is 15.9 Å². The maximum Gasteiger partial charge on any atom is 0.0331 e. The van der Waals surface area contributed by atoms with Gasteiger partial charge in [0.15, 0.2) is 0 Å². The molecular weight excluding hydrogens is 286 g/mol. The maximum atomic E-state index is 3.74. The van der Waals surface area contributed by atoms with E-state index in [0.29, 0.717) is 6.04 Å². The van der Waals surface area contributed by atoms with Crippen LogP contribution in [0.3, 0.4) is 0 Å². The molecule has 0 amide bonds. The number of hydrogen-bond acceptors (Lipinski definition) is 1. The normalized spacial score (nSPS) is 12.7. The van der Waals surface area contributed by atoms with E-state index in [1.807, 2.05) is 0 Å². The molecule has 0 bridgehead atoms. The van der Waals surface area contributed by atoms with Crippen molar-refractivity contribution < 1.29 is 0 Å². The first kappa shape index (κ1) is 15.7. The molecule has 1 unspecified atom stereocenters. The van der Waals surface area contributed by atoms with Gasteiger partial charge < -0.3 is 5.32 Å². The molecule has 1 nitrogen and oxygen atoms in total. The lowest BCUT2D eigenvalue weighted by atomic mass is 9.99. The Morgan fingerprint density at radius 3 is 2.61 bits per heavy atom. The van der Waals surface area contributed by atoms with E-state index in [1.54, 1.807) is 0 Å². The van der Waals surface area contributed by atoms with Crippen molar-refractivity contribution in [3.8, 4) is 0 Å². The highest BCUT2D eigenvalue weighted by molar-refractivity contribution is 9.10. The molecule has 18 heavy (non-hydrogen) atoms. The van der Waals surface area contributed by atoms with Crippen LogP contribution < -0.4 is 5.32 Å². The van der Waals surface area contributed by atoms with Gasteiger partial charge in [-0.05, 0) is 37.4 Å². The van der Waals surface area contributed by atoms with Crippen LogP contribution in [0.2, 0.25) is 0 Å². The van der Waals surface area contributed by atoms with Crippen LogP contribution in [0.4, 0.5) is 0 Å². The van der Waals surface area contributed by atoms with Gasteiger partial charge in [0.05, 0.1) is 0 Å². The summed E-state index contributed by atoms with van der Waals surface area (Å²) in [7, 11) is 0. The van der Waals surface area contributed by atoms with Gasteiger partial charge in [0, 0.05) is 10.5 Å². The largest absolute Gasteiger partial charge is 0.310 e. The second-order valence-corrected chi connectivity index (χ2v) is 5.77. The Morgan fingerprint density at radius 1 is 1.17 bits per heavy atom. The standard InChI is InChI=1S/C16H26BrN/c1-4-6-7-11-15(18-12-5-2)14-10-8-9-13(3)16(14)17/h8-10,15,18H,4-7,11-12H2,1-3H3. The molecule has 0 saturated heterocycles. The Bertz CT molecular complexity index is 349. The quantitative estimate of drug-likeness (QED) is 0.636. The predicted molar refractivity (Wildman–Crippen MR) is 84.1 cm³/mol. The van der Waals surface area contributed by atoms with Gasteiger partial charge in [-0.2, -0.15) is 0 Å². The number of halogens is 1.